The van der Waals surface area contributed by atoms with Gasteiger partial charge in [-0.3, -0.25) is 15.2 Å². The van der Waals surface area contributed by atoms with Crippen molar-refractivity contribution in [3.8, 4) is 0 Å². The van der Waals surface area contributed by atoms with Crippen molar-refractivity contribution in [2.75, 3.05) is 5.23 Å². The molecule has 2 rings (SSSR count). The van der Waals surface area contributed by atoms with Crippen molar-refractivity contribution in [3.05, 3.63) is 29.3 Å². The molecular formula is C10H13ClN2O4. The van der Waals surface area contributed by atoms with Gasteiger partial charge in [0.1, 0.15) is 5.54 Å². The molecule has 0 saturated carbocycles. The molecule has 0 spiro atoms. The van der Waals surface area contributed by atoms with Crippen LogP contribution in [0.4, 0.5) is 5.69 Å². The summed E-state index contributed by atoms with van der Waals surface area (Å²) in [6.07, 6.45) is 0.453. The second-order valence-electron chi connectivity index (χ2n) is 4.06. The topological polar surface area (TPSA) is 107 Å². The number of carboxylic acids is 1. The maximum atomic E-state index is 11.0. The van der Waals surface area contributed by atoms with Gasteiger partial charge in [0.2, 0.25) is 0 Å². The van der Waals surface area contributed by atoms with Crippen molar-refractivity contribution in [3.63, 3.8) is 0 Å². The molecule has 1 aromatic carbocycles. The van der Waals surface area contributed by atoms with Crippen molar-refractivity contribution in [2.24, 2.45) is 5.73 Å². The summed E-state index contributed by atoms with van der Waals surface area (Å²) >= 11 is 0. The van der Waals surface area contributed by atoms with E-state index in [-0.39, 0.29) is 36.2 Å². The van der Waals surface area contributed by atoms with Gasteiger partial charge in [-0.25, -0.2) is 0 Å². The lowest BCUT2D eigenvalue weighted by Gasteiger charge is -2.16. The van der Waals surface area contributed by atoms with E-state index in [1.807, 2.05) is 0 Å². The Morgan fingerprint density at radius 2 is 1.88 bits per heavy atom. The number of carbonyl (C=O) groups is 1. The number of nitrogens with two attached hydrogens (primary N) is 1. The third-order valence-electron chi connectivity index (χ3n) is 2.86. The number of hydrogen-bond acceptors (Lipinski definition) is 5. The summed E-state index contributed by atoms with van der Waals surface area (Å²) in [4.78, 5) is 11.0. The fourth-order valence-corrected chi connectivity index (χ4v) is 1.97. The molecule has 0 saturated heterocycles. The van der Waals surface area contributed by atoms with Gasteiger partial charge in [-0.05, 0) is 23.3 Å². The van der Waals surface area contributed by atoms with E-state index >= 15 is 0 Å². The highest BCUT2D eigenvalue weighted by molar-refractivity contribution is 5.85. The van der Waals surface area contributed by atoms with Crippen LogP contribution in [0.25, 0.3) is 0 Å². The Labute approximate surface area is 104 Å². The summed E-state index contributed by atoms with van der Waals surface area (Å²) in [5.74, 6) is -1.05. The minimum Gasteiger partial charge on any atom is -0.480 e. The Balaban J connectivity index is 0.00000144. The van der Waals surface area contributed by atoms with Crippen LogP contribution in [0.2, 0.25) is 0 Å². The van der Waals surface area contributed by atoms with Crippen molar-refractivity contribution in [1.82, 2.24) is 0 Å². The summed E-state index contributed by atoms with van der Waals surface area (Å²) in [7, 11) is 0. The molecule has 17 heavy (non-hydrogen) atoms. The first-order chi connectivity index (χ1) is 7.42. The van der Waals surface area contributed by atoms with E-state index in [4.69, 9.17) is 21.3 Å². The van der Waals surface area contributed by atoms with Crippen molar-refractivity contribution < 1.29 is 20.3 Å². The summed E-state index contributed by atoms with van der Waals surface area (Å²) < 4.78 is 0. The van der Waals surface area contributed by atoms with Gasteiger partial charge < -0.3 is 10.8 Å². The standard InChI is InChI=1S/C10H12N2O4.ClH/c11-10(9(13)14)4-6-1-2-8(12(15)16)3-7(6)5-10;/h1-3,15-16H,4-5,11H2,(H,13,14);1H. The lowest BCUT2D eigenvalue weighted by Crippen LogP contribution is -2.48. The number of fused-ring (bicyclic) bond motifs is 1. The Bertz CT molecular complexity index is 452. The molecule has 1 aromatic rings. The summed E-state index contributed by atoms with van der Waals surface area (Å²) in [6, 6.07) is 4.67. The maximum absolute atomic E-state index is 11.0. The number of nitrogens with zero attached hydrogens (tertiary/aromatic N) is 1. The fourth-order valence-electron chi connectivity index (χ4n) is 1.97. The highest BCUT2D eigenvalue weighted by Gasteiger charge is 2.40. The van der Waals surface area contributed by atoms with Crippen LogP contribution in [0.15, 0.2) is 18.2 Å². The first-order valence-corrected chi connectivity index (χ1v) is 4.74. The third kappa shape index (κ3) is 2.34. The van der Waals surface area contributed by atoms with Gasteiger partial charge in [-0.15, -0.1) is 17.6 Å². The van der Waals surface area contributed by atoms with Gasteiger partial charge in [0.05, 0.1) is 5.69 Å². The highest BCUT2D eigenvalue weighted by atomic mass is 35.5. The molecule has 5 N–H and O–H groups in total. The zero-order valence-electron chi connectivity index (χ0n) is 8.83. The average molecular weight is 261 g/mol. The normalized spacial score (nSPS) is 21.6. The van der Waals surface area contributed by atoms with Crippen molar-refractivity contribution in [2.45, 2.75) is 18.4 Å². The number of rotatable bonds is 2. The van der Waals surface area contributed by atoms with Crippen molar-refractivity contribution >= 4 is 24.1 Å². The Morgan fingerprint density at radius 3 is 2.41 bits per heavy atom. The molecule has 6 nitrogen and oxygen atoms in total. The minimum absolute atomic E-state index is 0. The smallest absolute Gasteiger partial charge is 0.324 e. The number of aliphatic carboxylic acids is 1. The van der Waals surface area contributed by atoms with Crippen LogP contribution in [0.5, 0.6) is 0 Å². The predicted octanol–water partition coefficient (Wildman–Crippen LogP) is 0.574. The lowest BCUT2D eigenvalue weighted by atomic mass is 9.98. The van der Waals surface area contributed by atoms with E-state index in [1.54, 1.807) is 6.07 Å². The lowest BCUT2D eigenvalue weighted by molar-refractivity contribution is -0.142. The molecule has 0 fully saturated rings. The number of halogens is 1. The largest absolute Gasteiger partial charge is 0.480 e. The van der Waals surface area contributed by atoms with E-state index in [1.165, 1.54) is 12.1 Å². The van der Waals surface area contributed by atoms with Gasteiger partial charge in [0.25, 0.3) is 0 Å². The molecular weight excluding hydrogens is 248 g/mol. The summed E-state index contributed by atoms with van der Waals surface area (Å²) in [6.45, 7) is 0. The molecule has 1 atom stereocenters. The van der Waals surface area contributed by atoms with Gasteiger partial charge in [0, 0.05) is 12.8 Å². The SMILES string of the molecule is Cl.NC1(C(=O)O)Cc2ccc(N(O)O)cc2C1. The van der Waals surface area contributed by atoms with E-state index in [9.17, 15) is 4.79 Å². The number of anilines is 1. The van der Waals surface area contributed by atoms with Gasteiger partial charge in [-0.2, -0.15) is 0 Å². The number of hydrogen-bond donors (Lipinski definition) is 4. The molecule has 0 heterocycles. The molecule has 94 valence electrons. The Kier molecular flexibility index (Phi) is 3.63. The quantitative estimate of drug-likeness (QED) is 0.579. The monoisotopic (exact) mass is 260 g/mol. The molecule has 0 aromatic heterocycles. The second-order valence-corrected chi connectivity index (χ2v) is 4.06. The van der Waals surface area contributed by atoms with E-state index in [0.29, 0.717) is 0 Å². The zero-order chi connectivity index (χ0) is 11.9. The van der Waals surface area contributed by atoms with Crippen LogP contribution < -0.4 is 11.0 Å². The number of benzene rings is 1. The third-order valence-corrected chi connectivity index (χ3v) is 2.86. The van der Waals surface area contributed by atoms with Crippen LogP contribution in [-0.2, 0) is 17.6 Å². The molecule has 0 aliphatic heterocycles. The molecule has 0 amide bonds. The van der Waals surface area contributed by atoms with Crippen LogP contribution in [-0.4, -0.2) is 27.0 Å². The fraction of sp³-hybridized carbons (Fsp3) is 0.300. The van der Waals surface area contributed by atoms with Gasteiger partial charge in [0.15, 0.2) is 0 Å². The first kappa shape index (κ1) is 13.7. The van der Waals surface area contributed by atoms with Crippen molar-refractivity contribution in [1.29, 1.82) is 0 Å². The van der Waals surface area contributed by atoms with Crippen LogP contribution in [0.3, 0.4) is 0 Å². The Hall–Kier alpha value is -1.34. The van der Waals surface area contributed by atoms with E-state index in [0.717, 1.165) is 11.1 Å². The molecule has 1 aliphatic carbocycles. The number of carboxylic acid groups (broad SMARTS) is 1. The van der Waals surface area contributed by atoms with Crippen LogP contribution >= 0.6 is 12.4 Å². The molecule has 1 aliphatic rings. The van der Waals surface area contributed by atoms with Crippen LogP contribution in [0, 0.1) is 0 Å². The zero-order valence-corrected chi connectivity index (χ0v) is 9.65. The molecule has 0 bridgehead atoms. The average Bonchev–Trinajstić information content (AvgIpc) is 2.54. The predicted molar refractivity (Wildman–Crippen MR) is 61.7 cm³/mol. The summed E-state index contributed by atoms with van der Waals surface area (Å²) in [5, 5.41) is 26.7. The highest BCUT2D eigenvalue weighted by Crippen LogP contribution is 2.31. The molecule has 7 heteroatoms. The first-order valence-electron chi connectivity index (χ1n) is 4.74. The second kappa shape index (κ2) is 4.50. The van der Waals surface area contributed by atoms with Gasteiger partial charge >= 0.3 is 5.97 Å². The molecule has 1 unspecified atom stereocenters. The minimum atomic E-state index is -1.28. The van der Waals surface area contributed by atoms with E-state index < -0.39 is 11.5 Å². The van der Waals surface area contributed by atoms with Crippen LogP contribution in [0.1, 0.15) is 11.1 Å². The Morgan fingerprint density at radius 1 is 1.29 bits per heavy atom. The van der Waals surface area contributed by atoms with E-state index in [2.05, 4.69) is 0 Å². The maximum Gasteiger partial charge on any atom is 0.324 e. The molecule has 0 radical (unpaired) electrons. The summed E-state index contributed by atoms with van der Waals surface area (Å²) in [5.41, 5.74) is 6.21. The van der Waals surface area contributed by atoms with Gasteiger partial charge in [-0.1, -0.05) is 6.07 Å².